The van der Waals surface area contributed by atoms with Gasteiger partial charge in [-0.1, -0.05) is 42.5 Å². The van der Waals surface area contributed by atoms with E-state index in [1.54, 1.807) is 30.3 Å². The number of aromatic nitrogens is 2. The summed E-state index contributed by atoms with van der Waals surface area (Å²) in [5.41, 5.74) is -1.80. The third-order valence-electron chi connectivity index (χ3n) is 6.48. The second kappa shape index (κ2) is 12.4. The summed E-state index contributed by atoms with van der Waals surface area (Å²) in [6.07, 6.45) is -3.11. The smallest absolute Gasteiger partial charge is 0.379 e. The van der Waals surface area contributed by atoms with Crippen molar-refractivity contribution < 1.29 is 32.6 Å². The van der Waals surface area contributed by atoms with Crippen molar-refractivity contribution in [3.8, 4) is 5.75 Å². The van der Waals surface area contributed by atoms with Gasteiger partial charge in [0.15, 0.2) is 11.9 Å². The number of hydrogen-bond acceptors (Lipinski definition) is 8. The summed E-state index contributed by atoms with van der Waals surface area (Å²) in [7, 11) is -3.80. The number of aromatic amines is 1. The Morgan fingerprint density at radius 3 is 2.56 bits per heavy atom. The molecule has 4 rings (SSSR count). The van der Waals surface area contributed by atoms with Crippen LogP contribution in [0, 0.1) is 6.92 Å². The summed E-state index contributed by atoms with van der Waals surface area (Å²) in [6.45, 7) is 3.30. The number of H-pyrrole nitrogens is 1. The maximum atomic E-state index is 15.5. The zero-order valence-electron chi connectivity index (χ0n) is 21.7. The van der Waals surface area contributed by atoms with Crippen molar-refractivity contribution in [1.29, 1.82) is 0 Å². The first kappa shape index (κ1) is 28.9. The number of rotatable bonds is 12. The van der Waals surface area contributed by atoms with Gasteiger partial charge < -0.3 is 19.1 Å². The minimum absolute atomic E-state index is 0.00577. The lowest BCUT2D eigenvalue weighted by Crippen LogP contribution is -2.43. The molecule has 1 aromatic heterocycles. The molecule has 12 heteroatoms. The molecule has 5 atom stereocenters. The molecule has 0 saturated carbocycles. The van der Waals surface area contributed by atoms with Crippen molar-refractivity contribution in [2.24, 2.45) is 0 Å². The second-order valence-electron chi connectivity index (χ2n) is 9.51. The van der Waals surface area contributed by atoms with Crippen LogP contribution in [0.15, 0.2) is 76.4 Å². The zero-order chi connectivity index (χ0) is 28.0. The van der Waals surface area contributed by atoms with Crippen molar-refractivity contribution in [3.05, 3.63) is 98.8 Å². The molecule has 1 aliphatic heterocycles. The largest absolute Gasteiger partial charge is 0.424 e. The number of halogens is 1. The lowest BCUT2D eigenvalue weighted by atomic mass is 9.98. The minimum atomic E-state index is -3.80. The maximum absolute atomic E-state index is 15.5. The second-order valence-corrected chi connectivity index (χ2v) is 11.6. The van der Waals surface area contributed by atoms with E-state index in [1.165, 1.54) is 0 Å². The van der Waals surface area contributed by atoms with Crippen LogP contribution in [0.3, 0.4) is 0 Å². The van der Waals surface area contributed by atoms with E-state index in [2.05, 4.69) is 0 Å². The van der Waals surface area contributed by atoms with Crippen molar-refractivity contribution in [2.75, 3.05) is 19.4 Å². The minimum Gasteiger partial charge on any atom is -0.424 e. The van der Waals surface area contributed by atoms with Crippen LogP contribution in [0.1, 0.15) is 30.7 Å². The number of aryl methyl sites for hydroxylation is 1. The number of benzene rings is 2. The summed E-state index contributed by atoms with van der Waals surface area (Å²) in [6, 6.07) is 17.4. The summed E-state index contributed by atoms with van der Waals surface area (Å²) >= 11 is 0. The third-order valence-corrected chi connectivity index (χ3v) is 8.38. The number of aliphatic hydroxyl groups excluding tert-OH is 1. The predicted octanol–water partition coefficient (Wildman–Crippen LogP) is 3.73. The highest BCUT2D eigenvalue weighted by Gasteiger charge is 2.55. The van der Waals surface area contributed by atoms with Crippen LogP contribution in [0.2, 0.25) is 0 Å². The van der Waals surface area contributed by atoms with Gasteiger partial charge >= 0.3 is 13.3 Å². The number of ether oxygens (including phenoxy) is 2. The first-order valence-corrected chi connectivity index (χ1v) is 14.3. The Kier molecular flexibility index (Phi) is 9.19. The van der Waals surface area contributed by atoms with Gasteiger partial charge in [0.2, 0.25) is 0 Å². The molecule has 2 aromatic carbocycles. The summed E-state index contributed by atoms with van der Waals surface area (Å²) in [5, 5.41) is 10.6. The molecular formula is C27H32FN2O8P. The zero-order valence-corrected chi connectivity index (χ0v) is 22.6. The summed E-state index contributed by atoms with van der Waals surface area (Å²) in [5.74, 6) is 0.322. The predicted molar refractivity (Wildman–Crippen MR) is 142 cm³/mol. The van der Waals surface area contributed by atoms with E-state index in [4.69, 9.17) is 18.5 Å². The van der Waals surface area contributed by atoms with Crippen LogP contribution in [-0.4, -0.2) is 51.9 Å². The van der Waals surface area contributed by atoms with E-state index in [1.807, 2.05) is 36.2 Å². The van der Waals surface area contributed by atoms with Crippen LogP contribution in [0.5, 0.6) is 5.75 Å². The Morgan fingerprint density at radius 1 is 1.13 bits per heavy atom. The van der Waals surface area contributed by atoms with Crippen molar-refractivity contribution in [1.82, 2.24) is 9.55 Å². The number of hydrogen-bond donors (Lipinski definition) is 2. The van der Waals surface area contributed by atoms with Crippen LogP contribution in [0.25, 0.3) is 0 Å². The molecule has 3 aromatic rings. The van der Waals surface area contributed by atoms with Crippen LogP contribution in [-0.2, 0) is 25.2 Å². The van der Waals surface area contributed by atoms with Gasteiger partial charge in [-0.3, -0.25) is 18.9 Å². The third kappa shape index (κ3) is 7.12. The van der Waals surface area contributed by atoms with Gasteiger partial charge in [0.25, 0.3) is 5.56 Å². The van der Waals surface area contributed by atoms with E-state index < -0.39 is 49.6 Å². The Bertz CT molecular complexity index is 1410. The normalized spacial score (nSPS) is 24.4. The molecule has 1 unspecified atom stereocenters. The molecule has 0 aliphatic carbocycles. The molecule has 1 saturated heterocycles. The van der Waals surface area contributed by atoms with Gasteiger partial charge in [0.1, 0.15) is 18.0 Å². The van der Waals surface area contributed by atoms with Crippen LogP contribution >= 0.6 is 7.60 Å². The molecule has 1 aliphatic rings. The molecular weight excluding hydrogens is 530 g/mol. The number of alkyl halides is 1. The standard InChI is InChI=1S/C27H32FN2O8P/c1-19-9-6-7-10-20(19)17-35-15-8-16-39(34,38-21-11-4-3-5-12-21)36-18-22-24(32)27(2,28)25(37-22)30-14-13-23(31)29-26(30)33/h3-7,9-14,22,24-25,32H,8,15-18H2,1-2H3,(H,29,31,33)/t22-,24-,25-,27-,39?/m1/s1. The molecule has 0 spiro atoms. The molecule has 1 fully saturated rings. The average molecular weight is 563 g/mol. The fourth-order valence-corrected chi connectivity index (χ4v) is 5.85. The first-order valence-electron chi connectivity index (χ1n) is 12.5. The highest BCUT2D eigenvalue weighted by molar-refractivity contribution is 7.54. The number of aliphatic hydroxyl groups is 1. The molecule has 0 bridgehead atoms. The first-order chi connectivity index (χ1) is 18.6. The van der Waals surface area contributed by atoms with Crippen molar-refractivity contribution in [2.45, 2.75) is 51.0 Å². The lowest BCUT2D eigenvalue weighted by molar-refractivity contribution is -0.0591. The molecule has 39 heavy (non-hydrogen) atoms. The Morgan fingerprint density at radius 2 is 1.85 bits per heavy atom. The number of nitrogens with one attached hydrogen (secondary N) is 1. The van der Waals surface area contributed by atoms with Gasteiger partial charge in [-0.2, -0.15) is 0 Å². The fourth-order valence-electron chi connectivity index (χ4n) is 4.24. The average Bonchev–Trinajstić information content (AvgIpc) is 3.12. The van der Waals surface area contributed by atoms with Gasteiger partial charge in [-0.25, -0.2) is 13.8 Å². The Balaban J connectivity index is 1.41. The number of para-hydroxylation sites is 1. The quantitative estimate of drug-likeness (QED) is 0.253. The molecule has 0 radical (unpaired) electrons. The van der Waals surface area contributed by atoms with Crippen molar-refractivity contribution >= 4 is 7.60 Å². The monoisotopic (exact) mass is 562 g/mol. The molecule has 210 valence electrons. The van der Waals surface area contributed by atoms with Crippen LogP contribution < -0.4 is 15.8 Å². The van der Waals surface area contributed by atoms with Crippen molar-refractivity contribution in [3.63, 3.8) is 0 Å². The van der Waals surface area contributed by atoms with Crippen LogP contribution in [0.4, 0.5) is 4.39 Å². The van der Waals surface area contributed by atoms with Gasteiger partial charge in [-0.05, 0) is 43.5 Å². The Hall–Kier alpha value is -3.08. The topological polar surface area (TPSA) is 129 Å². The maximum Gasteiger partial charge on any atom is 0.379 e. The molecule has 2 N–H and O–H groups in total. The van der Waals surface area contributed by atoms with E-state index in [0.29, 0.717) is 25.4 Å². The summed E-state index contributed by atoms with van der Waals surface area (Å²) in [4.78, 5) is 25.6. The van der Waals surface area contributed by atoms with E-state index >= 15 is 4.39 Å². The summed E-state index contributed by atoms with van der Waals surface area (Å²) < 4.78 is 52.9. The number of nitrogens with zero attached hydrogens (tertiary/aromatic N) is 1. The highest BCUT2D eigenvalue weighted by Crippen LogP contribution is 2.50. The van der Waals surface area contributed by atoms with Gasteiger partial charge in [0, 0.05) is 18.9 Å². The SMILES string of the molecule is Cc1ccccc1COCCCP(=O)(OC[C@H]1O[C@@H](n2ccc(=O)[nH]c2=O)[C@](C)(F)[C@@H]1O)Oc1ccccc1. The fraction of sp³-hybridized carbons (Fsp3) is 0.407. The molecule has 10 nitrogen and oxygen atoms in total. The molecule has 2 heterocycles. The van der Waals surface area contributed by atoms with E-state index in [0.717, 1.165) is 34.9 Å². The van der Waals surface area contributed by atoms with Gasteiger partial charge in [-0.15, -0.1) is 0 Å². The molecule has 0 amide bonds. The van der Waals surface area contributed by atoms with E-state index in [-0.39, 0.29) is 6.16 Å². The lowest BCUT2D eigenvalue weighted by Gasteiger charge is -2.24. The van der Waals surface area contributed by atoms with Gasteiger partial charge in [0.05, 0.1) is 19.4 Å². The highest BCUT2D eigenvalue weighted by atomic mass is 31.2. The van der Waals surface area contributed by atoms with E-state index in [9.17, 15) is 19.3 Å². The Labute approximate surface area is 224 Å².